The molecule has 4 rings (SSSR count). The van der Waals surface area contributed by atoms with Crippen molar-refractivity contribution in [2.45, 2.75) is 70.1 Å². The fourth-order valence-electron chi connectivity index (χ4n) is 7.31. The summed E-state index contributed by atoms with van der Waals surface area (Å²) in [6, 6.07) is 2.83. The first-order valence-electron chi connectivity index (χ1n) is 10.6. The second kappa shape index (κ2) is 6.22. The summed E-state index contributed by atoms with van der Waals surface area (Å²) in [6.45, 7) is 9.15. The minimum Gasteiger partial charge on any atom is -0.496 e. The Bertz CT molecular complexity index is 979. The van der Waals surface area contributed by atoms with E-state index in [1.807, 2.05) is 0 Å². The summed E-state index contributed by atoms with van der Waals surface area (Å²) in [5.41, 5.74) is 0.460. The van der Waals surface area contributed by atoms with Crippen LogP contribution in [0.1, 0.15) is 75.7 Å². The topological polar surface area (TPSA) is 80.7 Å². The standard InChI is InChI=1S/C23H32O5S/c1-21(2)8-6-9-22(3)17(21)7-10-23(4)18(22)13-29(26,27)16-12-14(20(24)25)11-15(28-5)19(16)23/h11-12,17-18H,6-10,13H2,1-5H3,(H,24,25)/t17-,18+,22-,23+/m0/s1. The monoisotopic (exact) mass is 420 g/mol. The van der Waals surface area contributed by atoms with Crippen LogP contribution in [0.25, 0.3) is 0 Å². The largest absolute Gasteiger partial charge is 0.496 e. The SMILES string of the molecule is COc1cc(C(=O)O)cc2c1[C@]1(C)CC[C@H]3C(C)(C)CCC[C@]3(C)[C@H]1CS2(=O)=O. The van der Waals surface area contributed by atoms with Crippen LogP contribution in [0.15, 0.2) is 17.0 Å². The third-order valence-corrected chi connectivity index (χ3v) is 10.4. The average Bonchev–Trinajstić information content (AvgIpc) is 2.62. The fourth-order valence-corrected chi connectivity index (χ4v) is 9.63. The molecule has 1 aliphatic heterocycles. The van der Waals surface area contributed by atoms with Crippen molar-refractivity contribution in [3.05, 3.63) is 23.3 Å². The van der Waals surface area contributed by atoms with Crippen LogP contribution in [0.2, 0.25) is 0 Å². The number of aromatic carboxylic acids is 1. The van der Waals surface area contributed by atoms with Crippen molar-refractivity contribution < 1.29 is 23.1 Å². The van der Waals surface area contributed by atoms with Crippen LogP contribution in [0.5, 0.6) is 5.75 Å². The van der Waals surface area contributed by atoms with E-state index in [4.69, 9.17) is 4.74 Å². The Kier molecular flexibility index (Phi) is 4.44. The number of carbonyl (C=O) groups is 1. The molecule has 6 heteroatoms. The molecule has 160 valence electrons. The number of rotatable bonds is 2. The minimum atomic E-state index is -3.61. The van der Waals surface area contributed by atoms with Gasteiger partial charge in [0, 0.05) is 11.0 Å². The number of fused-ring (bicyclic) bond motifs is 5. The van der Waals surface area contributed by atoms with Crippen LogP contribution < -0.4 is 4.74 Å². The molecule has 29 heavy (non-hydrogen) atoms. The van der Waals surface area contributed by atoms with Crippen LogP contribution in [0.3, 0.4) is 0 Å². The molecule has 0 saturated heterocycles. The zero-order valence-corrected chi connectivity index (χ0v) is 18.9. The molecule has 1 N–H and O–H groups in total. The third-order valence-electron chi connectivity index (χ3n) is 8.62. The first-order valence-corrected chi connectivity index (χ1v) is 12.2. The summed E-state index contributed by atoms with van der Waals surface area (Å²) in [7, 11) is -2.11. The Morgan fingerprint density at radius 2 is 1.79 bits per heavy atom. The summed E-state index contributed by atoms with van der Waals surface area (Å²) < 4.78 is 32.5. The van der Waals surface area contributed by atoms with Gasteiger partial charge in [-0.05, 0) is 60.5 Å². The molecule has 0 bridgehead atoms. The highest BCUT2D eigenvalue weighted by Crippen LogP contribution is 2.67. The first kappa shape index (κ1) is 20.7. The van der Waals surface area contributed by atoms with E-state index in [0.29, 0.717) is 17.2 Å². The summed E-state index contributed by atoms with van der Waals surface area (Å²) in [5, 5.41) is 9.48. The zero-order valence-electron chi connectivity index (χ0n) is 18.0. The third kappa shape index (κ3) is 2.77. The number of hydrogen-bond donors (Lipinski definition) is 1. The molecule has 1 heterocycles. The van der Waals surface area contributed by atoms with Gasteiger partial charge in [0.1, 0.15) is 5.75 Å². The van der Waals surface area contributed by atoms with E-state index in [1.54, 1.807) is 0 Å². The predicted octanol–water partition coefficient (Wildman–Crippen LogP) is 4.68. The Morgan fingerprint density at radius 1 is 1.10 bits per heavy atom. The van der Waals surface area contributed by atoms with Crippen LogP contribution in [0.4, 0.5) is 0 Å². The Balaban J connectivity index is 1.97. The summed E-state index contributed by atoms with van der Waals surface area (Å²) >= 11 is 0. The number of methoxy groups -OCH3 is 1. The summed E-state index contributed by atoms with van der Waals surface area (Å²) in [5.74, 6) is -0.171. The van der Waals surface area contributed by atoms with Crippen LogP contribution >= 0.6 is 0 Å². The van der Waals surface area contributed by atoms with E-state index >= 15 is 0 Å². The molecule has 0 spiro atoms. The zero-order chi connectivity index (χ0) is 21.4. The van der Waals surface area contributed by atoms with E-state index in [-0.39, 0.29) is 38.4 Å². The van der Waals surface area contributed by atoms with Gasteiger partial charge in [-0.1, -0.05) is 34.1 Å². The number of carboxylic acid groups (broad SMARTS) is 1. The highest BCUT2D eigenvalue weighted by Gasteiger charge is 2.62. The molecule has 4 atom stereocenters. The van der Waals surface area contributed by atoms with Gasteiger partial charge in [-0.3, -0.25) is 0 Å². The Labute approximate surface area is 173 Å². The van der Waals surface area contributed by atoms with Crippen molar-refractivity contribution in [1.29, 1.82) is 0 Å². The molecule has 2 saturated carbocycles. The van der Waals surface area contributed by atoms with Gasteiger partial charge < -0.3 is 9.84 Å². The van der Waals surface area contributed by atoms with E-state index in [0.717, 1.165) is 25.7 Å². The second-order valence-electron chi connectivity index (χ2n) is 10.5. The Morgan fingerprint density at radius 3 is 2.41 bits per heavy atom. The second-order valence-corrected chi connectivity index (χ2v) is 12.6. The maximum absolute atomic E-state index is 13.4. The molecule has 2 aliphatic carbocycles. The van der Waals surface area contributed by atoms with Gasteiger partial charge in [0.05, 0.1) is 23.3 Å². The maximum Gasteiger partial charge on any atom is 0.335 e. The fraction of sp³-hybridized carbons (Fsp3) is 0.696. The lowest BCUT2D eigenvalue weighted by Crippen LogP contribution is -2.60. The number of sulfone groups is 1. The van der Waals surface area contributed by atoms with E-state index < -0.39 is 15.8 Å². The van der Waals surface area contributed by atoms with Gasteiger partial charge in [-0.2, -0.15) is 0 Å². The minimum absolute atomic E-state index is 0.00426. The molecular formula is C23H32O5S. The van der Waals surface area contributed by atoms with E-state index in [1.165, 1.54) is 25.7 Å². The molecule has 3 aliphatic rings. The van der Waals surface area contributed by atoms with Crippen LogP contribution in [-0.2, 0) is 15.3 Å². The smallest absolute Gasteiger partial charge is 0.335 e. The lowest BCUT2D eigenvalue weighted by atomic mass is 9.43. The van der Waals surface area contributed by atoms with Gasteiger partial charge in [-0.25, -0.2) is 13.2 Å². The van der Waals surface area contributed by atoms with Crippen molar-refractivity contribution in [3.63, 3.8) is 0 Å². The van der Waals surface area contributed by atoms with Gasteiger partial charge in [0.2, 0.25) is 0 Å². The van der Waals surface area contributed by atoms with E-state index in [9.17, 15) is 18.3 Å². The predicted molar refractivity (Wildman–Crippen MR) is 111 cm³/mol. The van der Waals surface area contributed by atoms with Gasteiger partial charge in [0.25, 0.3) is 0 Å². The first-order chi connectivity index (χ1) is 13.4. The number of benzene rings is 1. The van der Waals surface area contributed by atoms with Gasteiger partial charge >= 0.3 is 5.97 Å². The lowest BCUT2D eigenvalue weighted by molar-refractivity contribution is -0.0984. The lowest BCUT2D eigenvalue weighted by Gasteiger charge is -2.63. The Hall–Kier alpha value is -1.56. The summed E-state index contributed by atoms with van der Waals surface area (Å²) in [6.07, 6.45) is 5.30. The molecule has 1 aromatic carbocycles. The molecule has 5 nitrogen and oxygen atoms in total. The maximum atomic E-state index is 13.4. The molecule has 0 radical (unpaired) electrons. The van der Waals surface area contributed by atoms with Crippen molar-refractivity contribution in [1.82, 2.24) is 0 Å². The number of ether oxygens (including phenoxy) is 1. The molecular weight excluding hydrogens is 388 g/mol. The molecule has 0 aromatic heterocycles. The number of carboxylic acids is 1. The highest BCUT2D eigenvalue weighted by molar-refractivity contribution is 7.91. The van der Waals surface area contributed by atoms with Crippen molar-refractivity contribution in [2.75, 3.05) is 12.9 Å². The van der Waals surface area contributed by atoms with E-state index in [2.05, 4.69) is 27.7 Å². The quantitative estimate of drug-likeness (QED) is 0.751. The average molecular weight is 421 g/mol. The van der Waals surface area contributed by atoms with Crippen LogP contribution in [-0.4, -0.2) is 32.4 Å². The number of hydrogen-bond acceptors (Lipinski definition) is 4. The molecule has 0 amide bonds. The van der Waals surface area contributed by atoms with Crippen molar-refractivity contribution in [2.24, 2.45) is 22.7 Å². The van der Waals surface area contributed by atoms with Gasteiger partial charge in [-0.15, -0.1) is 0 Å². The summed E-state index contributed by atoms with van der Waals surface area (Å²) in [4.78, 5) is 11.7. The molecule has 0 unspecified atom stereocenters. The normalized spacial score (nSPS) is 37.0. The van der Waals surface area contributed by atoms with Crippen molar-refractivity contribution >= 4 is 15.8 Å². The molecule has 1 aromatic rings. The van der Waals surface area contributed by atoms with Gasteiger partial charge in [0.15, 0.2) is 9.84 Å². The molecule has 2 fully saturated rings. The van der Waals surface area contributed by atoms with Crippen molar-refractivity contribution in [3.8, 4) is 5.75 Å². The highest BCUT2D eigenvalue weighted by atomic mass is 32.2. The van der Waals surface area contributed by atoms with Crippen LogP contribution in [0, 0.1) is 22.7 Å².